The second kappa shape index (κ2) is 6.55. The average Bonchev–Trinajstić information content (AvgIpc) is 2.39. The molecule has 2 N–H and O–H groups in total. The van der Waals surface area contributed by atoms with Crippen molar-refractivity contribution in [3.63, 3.8) is 0 Å². The Labute approximate surface area is 115 Å². The summed E-state index contributed by atoms with van der Waals surface area (Å²) in [6.45, 7) is 3.89. The third-order valence-corrected chi connectivity index (χ3v) is 3.39. The number of anilines is 1. The number of rotatable bonds is 4. The molecule has 1 aromatic heterocycles. The molecule has 19 heavy (non-hydrogen) atoms. The fraction of sp³-hybridized carbons (Fsp3) is 0.600. The first-order valence-electron chi connectivity index (χ1n) is 7.18. The summed E-state index contributed by atoms with van der Waals surface area (Å²) in [6, 6.07) is 4.44. The van der Waals surface area contributed by atoms with Crippen molar-refractivity contribution in [3.8, 4) is 0 Å². The monoisotopic (exact) mass is 261 g/mol. The molecule has 1 fully saturated rings. The first-order valence-corrected chi connectivity index (χ1v) is 7.18. The summed E-state index contributed by atoms with van der Waals surface area (Å²) < 4.78 is 0. The Bertz CT molecular complexity index is 425. The predicted octanol–water partition coefficient (Wildman–Crippen LogP) is 2.96. The lowest BCUT2D eigenvalue weighted by Gasteiger charge is -2.23. The SMILES string of the molecule is CC(C)NC(=O)c1cc(NC2CCCCC2)ccn1. The van der Waals surface area contributed by atoms with E-state index < -0.39 is 0 Å². The molecule has 0 bridgehead atoms. The number of pyridine rings is 1. The quantitative estimate of drug-likeness (QED) is 0.876. The Morgan fingerprint density at radius 2 is 2.05 bits per heavy atom. The molecule has 1 saturated carbocycles. The lowest BCUT2D eigenvalue weighted by molar-refractivity contribution is 0.0938. The van der Waals surface area contributed by atoms with Crippen molar-refractivity contribution in [1.29, 1.82) is 0 Å². The number of hydrogen-bond acceptors (Lipinski definition) is 3. The van der Waals surface area contributed by atoms with Crippen molar-refractivity contribution in [1.82, 2.24) is 10.3 Å². The number of carbonyl (C=O) groups excluding carboxylic acids is 1. The summed E-state index contributed by atoms with van der Waals surface area (Å²) in [4.78, 5) is 16.0. The van der Waals surface area contributed by atoms with E-state index in [-0.39, 0.29) is 11.9 Å². The largest absolute Gasteiger partial charge is 0.382 e. The van der Waals surface area contributed by atoms with Crippen LogP contribution in [0, 0.1) is 0 Å². The topological polar surface area (TPSA) is 54.0 Å². The van der Waals surface area contributed by atoms with Crippen LogP contribution in [0.1, 0.15) is 56.4 Å². The van der Waals surface area contributed by atoms with E-state index in [4.69, 9.17) is 0 Å². The zero-order chi connectivity index (χ0) is 13.7. The van der Waals surface area contributed by atoms with Crippen molar-refractivity contribution in [2.45, 2.75) is 58.0 Å². The van der Waals surface area contributed by atoms with Crippen LogP contribution in [0.5, 0.6) is 0 Å². The zero-order valence-electron chi connectivity index (χ0n) is 11.8. The van der Waals surface area contributed by atoms with Gasteiger partial charge in [0.05, 0.1) is 0 Å². The lowest BCUT2D eigenvalue weighted by atomic mass is 9.95. The molecule has 0 atom stereocenters. The first kappa shape index (κ1) is 13.8. The van der Waals surface area contributed by atoms with Gasteiger partial charge in [0.2, 0.25) is 0 Å². The van der Waals surface area contributed by atoms with E-state index in [0.29, 0.717) is 11.7 Å². The number of hydrogen-bond donors (Lipinski definition) is 2. The van der Waals surface area contributed by atoms with Gasteiger partial charge in [0.1, 0.15) is 5.69 Å². The molecule has 1 amide bonds. The smallest absolute Gasteiger partial charge is 0.270 e. The van der Waals surface area contributed by atoms with Gasteiger partial charge in [-0.25, -0.2) is 0 Å². The molecule has 0 saturated heterocycles. The fourth-order valence-electron chi connectivity index (χ4n) is 2.46. The summed E-state index contributed by atoms with van der Waals surface area (Å²) in [5.74, 6) is -0.109. The fourth-order valence-corrected chi connectivity index (χ4v) is 2.46. The Morgan fingerprint density at radius 3 is 2.74 bits per heavy atom. The second-order valence-corrected chi connectivity index (χ2v) is 5.54. The summed E-state index contributed by atoms with van der Waals surface area (Å²) in [5, 5.41) is 6.37. The third kappa shape index (κ3) is 4.23. The Kier molecular flexibility index (Phi) is 4.77. The van der Waals surface area contributed by atoms with Crippen LogP contribution in [0.25, 0.3) is 0 Å². The van der Waals surface area contributed by atoms with Crippen molar-refractivity contribution in [2.24, 2.45) is 0 Å². The zero-order valence-corrected chi connectivity index (χ0v) is 11.8. The molecular formula is C15H23N3O. The van der Waals surface area contributed by atoms with Gasteiger partial charge in [-0.3, -0.25) is 9.78 Å². The number of amides is 1. The molecule has 0 radical (unpaired) electrons. The van der Waals surface area contributed by atoms with Gasteiger partial charge in [0.25, 0.3) is 5.91 Å². The van der Waals surface area contributed by atoms with Crippen LogP contribution < -0.4 is 10.6 Å². The highest BCUT2D eigenvalue weighted by Crippen LogP contribution is 2.21. The summed E-state index contributed by atoms with van der Waals surface area (Å²) in [7, 11) is 0. The normalized spacial score (nSPS) is 16.4. The standard InChI is InChI=1S/C15H23N3O/c1-11(2)17-15(19)14-10-13(8-9-16-14)18-12-6-4-3-5-7-12/h8-12H,3-7H2,1-2H3,(H,16,18)(H,17,19). The molecule has 2 rings (SSSR count). The maximum absolute atomic E-state index is 11.9. The van der Waals surface area contributed by atoms with E-state index in [1.807, 2.05) is 26.0 Å². The van der Waals surface area contributed by atoms with Gasteiger partial charge in [0, 0.05) is 24.0 Å². The highest BCUT2D eigenvalue weighted by Gasteiger charge is 2.14. The Balaban J connectivity index is 1.99. The maximum Gasteiger partial charge on any atom is 0.270 e. The lowest BCUT2D eigenvalue weighted by Crippen LogP contribution is -2.31. The van der Waals surface area contributed by atoms with Crippen LogP contribution in [0.2, 0.25) is 0 Å². The van der Waals surface area contributed by atoms with Gasteiger partial charge in [-0.2, -0.15) is 0 Å². The average molecular weight is 261 g/mol. The predicted molar refractivity (Wildman–Crippen MR) is 77.3 cm³/mol. The highest BCUT2D eigenvalue weighted by atomic mass is 16.1. The van der Waals surface area contributed by atoms with Crippen molar-refractivity contribution in [2.75, 3.05) is 5.32 Å². The Morgan fingerprint density at radius 1 is 1.32 bits per heavy atom. The van der Waals surface area contributed by atoms with Gasteiger partial charge < -0.3 is 10.6 Å². The van der Waals surface area contributed by atoms with E-state index in [9.17, 15) is 4.79 Å². The third-order valence-electron chi connectivity index (χ3n) is 3.39. The number of carbonyl (C=O) groups is 1. The van der Waals surface area contributed by atoms with Gasteiger partial charge in [0.15, 0.2) is 0 Å². The molecule has 0 spiro atoms. The first-order chi connectivity index (χ1) is 9.15. The van der Waals surface area contributed by atoms with Gasteiger partial charge in [-0.15, -0.1) is 0 Å². The summed E-state index contributed by atoms with van der Waals surface area (Å²) >= 11 is 0. The minimum atomic E-state index is -0.109. The van der Waals surface area contributed by atoms with Crippen LogP contribution in [0.4, 0.5) is 5.69 Å². The van der Waals surface area contributed by atoms with Crippen LogP contribution in [0.3, 0.4) is 0 Å². The van der Waals surface area contributed by atoms with Gasteiger partial charge >= 0.3 is 0 Å². The Hall–Kier alpha value is -1.58. The van der Waals surface area contributed by atoms with Gasteiger partial charge in [-0.1, -0.05) is 19.3 Å². The molecule has 1 aliphatic carbocycles. The highest BCUT2D eigenvalue weighted by molar-refractivity contribution is 5.93. The molecule has 4 heteroatoms. The van der Waals surface area contributed by atoms with E-state index in [1.165, 1.54) is 32.1 Å². The van der Waals surface area contributed by atoms with Gasteiger partial charge in [-0.05, 0) is 38.8 Å². The van der Waals surface area contributed by atoms with Crippen LogP contribution in [-0.2, 0) is 0 Å². The number of nitrogens with zero attached hydrogens (tertiary/aromatic N) is 1. The number of aromatic nitrogens is 1. The molecule has 1 heterocycles. The van der Waals surface area contributed by atoms with E-state index in [0.717, 1.165) is 5.69 Å². The minimum Gasteiger partial charge on any atom is -0.382 e. The van der Waals surface area contributed by atoms with E-state index in [1.54, 1.807) is 6.20 Å². The van der Waals surface area contributed by atoms with Crippen molar-refractivity contribution < 1.29 is 4.79 Å². The maximum atomic E-state index is 11.9. The molecule has 1 aliphatic rings. The molecule has 0 aliphatic heterocycles. The molecule has 1 aromatic rings. The van der Waals surface area contributed by atoms with Crippen molar-refractivity contribution >= 4 is 11.6 Å². The molecule has 104 valence electrons. The van der Waals surface area contributed by atoms with E-state index in [2.05, 4.69) is 15.6 Å². The minimum absolute atomic E-state index is 0.109. The van der Waals surface area contributed by atoms with Crippen LogP contribution >= 0.6 is 0 Å². The molecule has 0 unspecified atom stereocenters. The second-order valence-electron chi connectivity index (χ2n) is 5.54. The molecule has 4 nitrogen and oxygen atoms in total. The summed E-state index contributed by atoms with van der Waals surface area (Å²) in [6.07, 6.45) is 8.07. The summed E-state index contributed by atoms with van der Waals surface area (Å²) in [5.41, 5.74) is 1.48. The molecule has 0 aromatic carbocycles. The van der Waals surface area contributed by atoms with Crippen LogP contribution in [0.15, 0.2) is 18.3 Å². The number of nitrogens with one attached hydrogen (secondary N) is 2. The van der Waals surface area contributed by atoms with Crippen LogP contribution in [-0.4, -0.2) is 23.0 Å². The van der Waals surface area contributed by atoms with Crippen molar-refractivity contribution in [3.05, 3.63) is 24.0 Å². The molecular weight excluding hydrogens is 238 g/mol. The van der Waals surface area contributed by atoms with E-state index >= 15 is 0 Å².